The lowest BCUT2D eigenvalue weighted by Crippen LogP contribution is -2.23. The van der Waals surface area contributed by atoms with Crippen molar-refractivity contribution in [2.45, 2.75) is 39.2 Å². The summed E-state index contributed by atoms with van der Waals surface area (Å²) in [4.78, 5) is 28.7. The highest BCUT2D eigenvalue weighted by Crippen LogP contribution is 2.34. The number of allylic oxidation sites excluding steroid dienone is 1. The number of aromatic nitrogens is 2. The molecule has 0 unspecified atom stereocenters. The second-order valence-electron chi connectivity index (χ2n) is 9.22. The molecule has 1 heterocycles. The Bertz CT molecular complexity index is 1650. The van der Waals surface area contributed by atoms with Gasteiger partial charge in [0, 0.05) is 28.1 Å². The molecule has 3 aromatic carbocycles. The number of hydrogen-bond acceptors (Lipinski definition) is 7. The highest BCUT2D eigenvalue weighted by atomic mass is 79.9. The maximum atomic E-state index is 13.5. The van der Waals surface area contributed by atoms with Gasteiger partial charge in [-0.1, -0.05) is 35.9 Å². The third kappa shape index (κ3) is 6.28. The van der Waals surface area contributed by atoms with Crippen molar-refractivity contribution in [1.82, 2.24) is 9.66 Å². The molecule has 9 nitrogen and oxygen atoms in total. The average Bonchev–Trinajstić information content (AvgIpc) is 2.95. The minimum Gasteiger partial charge on any atom is -0.493 e. The van der Waals surface area contributed by atoms with Crippen LogP contribution in [-0.2, 0) is 13.0 Å². The van der Waals surface area contributed by atoms with Crippen LogP contribution in [0.3, 0.4) is 0 Å². The van der Waals surface area contributed by atoms with E-state index in [1.807, 2.05) is 32.0 Å². The number of hydrogen-bond donors (Lipinski definition) is 0. The second kappa shape index (κ2) is 12.7. The summed E-state index contributed by atoms with van der Waals surface area (Å²) in [6.07, 6.45) is 4.65. The molecule has 1 aromatic heterocycles. The number of nitro groups is 1. The van der Waals surface area contributed by atoms with Gasteiger partial charge in [-0.3, -0.25) is 14.9 Å². The molecule has 0 saturated carbocycles. The van der Waals surface area contributed by atoms with Gasteiger partial charge in [0.15, 0.2) is 11.5 Å². The quantitative estimate of drug-likeness (QED) is 0.0807. The van der Waals surface area contributed by atoms with Crippen molar-refractivity contribution in [2.75, 3.05) is 7.11 Å². The lowest BCUT2D eigenvalue weighted by Gasteiger charge is -2.16. The zero-order chi connectivity index (χ0) is 28.8. The molecule has 0 saturated heterocycles. The van der Waals surface area contributed by atoms with Crippen LogP contribution in [0.5, 0.6) is 11.5 Å². The average molecular weight is 605 g/mol. The summed E-state index contributed by atoms with van der Waals surface area (Å²) in [7, 11) is 1.54. The number of nitrogens with zero attached hydrogens (tertiary/aromatic N) is 4. The first-order valence-electron chi connectivity index (χ1n) is 12.7. The summed E-state index contributed by atoms with van der Waals surface area (Å²) in [5.41, 5.74) is 2.68. The molecule has 0 radical (unpaired) electrons. The minimum atomic E-state index is -0.441. The van der Waals surface area contributed by atoms with E-state index < -0.39 is 4.92 Å². The monoisotopic (exact) mass is 604 g/mol. The van der Waals surface area contributed by atoms with Crippen LogP contribution >= 0.6 is 15.9 Å². The lowest BCUT2D eigenvalue weighted by atomic mass is 10.1. The van der Waals surface area contributed by atoms with Gasteiger partial charge in [0.1, 0.15) is 12.4 Å². The van der Waals surface area contributed by atoms with E-state index in [4.69, 9.17) is 14.5 Å². The van der Waals surface area contributed by atoms with Gasteiger partial charge in [-0.05, 0) is 66.4 Å². The van der Waals surface area contributed by atoms with Crippen molar-refractivity contribution in [1.29, 1.82) is 0 Å². The summed E-state index contributed by atoms with van der Waals surface area (Å²) < 4.78 is 13.9. The Balaban J connectivity index is 1.71. The molecule has 0 aliphatic heterocycles. The number of halogens is 1. The normalized spacial score (nSPS) is 12.0. The number of ether oxygens (including phenoxy) is 2. The van der Waals surface area contributed by atoms with Crippen LogP contribution in [0.1, 0.15) is 48.7 Å². The Hall–Kier alpha value is -4.31. The highest BCUT2D eigenvalue weighted by molar-refractivity contribution is 9.10. The third-order valence-electron chi connectivity index (χ3n) is 6.48. The molecule has 1 atom stereocenters. The fourth-order valence-corrected chi connectivity index (χ4v) is 4.51. The van der Waals surface area contributed by atoms with Gasteiger partial charge in [-0.2, -0.15) is 9.78 Å². The van der Waals surface area contributed by atoms with Gasteiger partial charge in [-0.15, -0.1) is 6.58 Å². The molecule has 0 spiro atoms. The minimum absolute atomic E-state index is 0.0129. The van der Waals surface area contributed by atoms with Gasteiger partial charge in [0.25, 0.3) is 11.2 Å². The van der Waals surface area contributed by atoms with Crippen LogP contribution < -0.4 is 15.0 Å². The molecule has 0 bridgehead atoms. The van der Waals surface area contributed by atoms with Crippen LogP contribution in [0.4, 0.5) is 5.69 Å². The molecule has 0 aliphatic rings. The third-order valence-corrected chi connectivity index (χ3v) is 6.97. The maximum absolute atomic E-state index is 13.5. The summed E-state index contributed by atoms with van der Waals surface area (Å²) >= 11 is 3.43. The van der Waals surface area contributed by atoms with Crippen LogP contribution in [0.25, 0.3) is 10.9 Å². The van der Waals surface area contributed by atoms with E-state index in [9.17, 15) is 14.9 Å². The summed E-state index contributed by atoms with van der Waals surface area (Å²) in [6, 6.07) is 15.3. The molecule has 4 aromatic rings. The Morgan fingerprint density at radius 1 is 1.20 bits per heavy atom. The number of fused-ring (bicyclic) bond motifs is 1. The number of nitro benzene ring substituents is 1. The van der Waals surface area contributed by atoms with E-state index >= 15 is 0 Å². The molecule has 0 N–H and O–H groups in total. The number of rotatable bonds is 11. The first-order chi connectivity index (χ1) is 19.2. The largest absolute Gasteiger partial charge is 0.493 e. The first kappa shape index (κ1) is 28.7. The van der Waals surface area contributed by atoms with Crippen molar-refractivity contribution >= 4 is 38.7 Å². The highest BCUT2D eigenvalue weighted by Gasteiger charge is 2.17. The van der Waals surface area contributed by atoms with Gasteiger partial charge >= 0.3 is 0 Å². The molecular formula is C30H29BrN4O5. The Morgan fingerprint density at radius 2 is 1.95 bits per heavy atom. The standard InChI is InChI=1S/C30H29BrN4O5/c1-5-7-22-14-21(15-27(39-4)28(22)40-18-20-8-11-24(12-9-20)35(37)38)17-32-34-29(19(3)6-2)33-26-13-10-23(31)16-25(26)30(34)36/h5,8-17,19H,1,6-7,18H2,2-4H3/t19-/m1/s1. The summed E-state index contributed by atoms with van der Waals surface area (Å²) in [6.45, 7) is 8.10. The zero-order valence-electron chi connectivity index (χ0n) is 22.5. The van der Waals surface area contributed by atoms with Crippen molar-refractivity contribution in [3.8, 4) is 11.5 Å². The topological polar surface area (TPSA) is 109 Å². The van der Waals surface area contributed by atoms with Gasteiger partial charge in [0.2, 0.25) is 0 Å². The molecule has 10 heteroatoms. The van der Waals surface area contributed by atoms with E-state index in [0.29, 0.717) is 40.2 Å². The molecule has 0 aliphatic carbocycles. The Morgan fingerprint density at radius 3 is 2.60 bits per heavy atom. The van der Waals surface area contributed by atoms with Crippen molar-refractivity contribution in [2.24, 2.45) is 5.10 Å². The molecular weight excluding hydrogens is 576 g/mol. The van der Waals surface area contributed by atoms with Crippen molar-refractivity contribution < 1.29 is 14.4 Å². The van der Waals surface area contributed by atoms with E-state index in [1.54, 1.807) is 43.7 Å². The Kier molecular flexibility index (Phi) is 9.11. The Labute approximate surface area is 240 Å². The molecule has 0 fully saturated rings. The maximum Gasteiger partial charge on any atom is 0.282 e. The van der Waals surface area contributed by atoms with E-state index in [-0.39, 0.29) is 23.8 Å². The predicted octanol–water partition coefficient (Wildman–Crippen LogP) is 6.78. The predicted molar refractivity (Wildman–Crippen MR) is 160 cm³/mol. The zero-order valence-corrected chi connectivity index (χ0v) is 24.1. The molecule has 4 rings (SSSR count). The van der Waals surface area contributed by atoms with Gasteiger partial charge in [-0.25, -0.2) is 4.98 Å². The van der Waals surface area contributed by atoms with Crippen LogP contribution in [-0.4, -0.2) is 27.9 Å². The molecule has 0 amide bonds. The fraction of sp³-hybridized carbons (Fsp3) is 0.233. The van der Waals surface area contributed by atoms with E-state index in [1.165, 1.54) is 16.8 Å². The lowest BCUT2D eigenvalue weighted by molar-refractivity contribution is -0.384. The molecule has 40 heavy (non-hydrogen) atoms. The van der Waals surface area contributed by atoms with Gasteiger partial charge in [0.05, 0.1) is 29.2 Å². The first-order valence-corrected chi connectivity index (χ1v) is 13.5. The van der Waals surface area contributed by atoms with Crippen LogP contribution in [0.15, 0.2) is 81.6 Å². The summed E-state index contributed by atoms with van der Waals surface area (Å²) in [5.74, 6) is 1.62. The number of non-ortho nitro benzene ring substituents is 1. The smallest absolute Gasteiger partial charge is 0.282 e. The summed E-state index contributed by atoms with van der Waals surface area (Å²) in [5, 5.41) is 16.0. The fourth-order valence-electron chi connectivity index (χ4n) is 4.15. The van der Waals surface area contributed by atoms with Crippen LogP contribution in [0, 0.1) is 10.1 Å². The van der Waals surface area contributed by atoms with E-state index in [2.05, 4.69) is 27.6 Å². The number of methoxy groups -OCH3 is 1. The SMILES string of the molecule is C=CCc1cc(C=Nn2c([C@H](C)CC)nc3ccc(Br)cc3c2=O)cc(OC)c1OCc1ccc([N+](=O)[O-])cc1. The van der Waals surface area contributed by atoms with Gasteiger partial charge < -0.3 is 9.47 Å². The molecule has 206 valence electrons. The second-order valence-corrected chi connectivity index (χ2v) is 10.1. The van der Waals surface area contributed by atoms with Crippen LogP contribution in [0.2, 0.25) is 0 Å². The number of benzene rings is 3. The van der Waals surface area contributed by atoms with Crippen molar-refractivity contribution in [3.05, 3.63) is 115 Å². The van der Waals surface area contributed by atoms with E-state index in [0.717, 1.165) is 22.0 Å². The van der Waals surface area contributed by atoms with Crippen molar-refractivity contribution in [3.63, 3.8) is 0 Å².